The minimum atomic E-state index is 0.499. The predicted octanol–water partition coefficient (Wildman–Crippen LogP) is 2.36. The van der Waals surface area contributed by atoms with Crippen LogP contribution in [0.1, 0.15) is 36.6 Å². The van der Waals surface area contributed by atoms with E-state index in [9.17, 15) is 0 Å². The molecule has 1 fully saturated rings. The van der Waals surface area contributed by atoms with Crippen LogP contribution in [0.25, 0.3) is 0 Å². The van der Waals surface area contributed by atoms with Crippen LogP contribution in [0, 0.1) is 0 Å². The molecule has 2 rings (SSSR count). The van der Waals surface area contributed by atoms with Gasteiger partial charge in [-0.25, -0.2) is 4.98 Å². The Morgan fingerprint density at radius 3 is 3.21 bits per heavy atom. The number of nitrogens with zero attached hydrogens (tertiary/aromatic N) is 1. The highest BCUT2D eigenvalue weighted by molar-refractivity contribution is 7.13. The Bertz CT molecular complexity index is 279. The molecule has 1 atom stereocenters. The number of rotatable bonds is 2. The Morgan fingerprint density at radius 2 is 2.43 bits per heavy atom. The molecular weight excluding hydrogens is 196 g/mol. The number of hydrogen-bond acceptors (Lipinski definition) is 4. The van der Waals surface area contributed by atoms with Gasteiger partial charge >= 0.3 is 0 Å². The third-order valence-corrected chi connectivity index (χ3v) is 3.65. The normalized spacial score (nSPS) is 23.1. The van der Waals surface area contributed by atoms with Crippen molar-refractivity contribution in [3.05, 3.63) is 11.1 Å². The van der Waals surface area contributed by atoms with Gasteiger partial charge in [0, 0.05) is 17.1 Å². The Balaban J connectivity index is 2.04. The number of hydrogen-bond donors (Lipinski definition) is 1. The summed E-state index contributed by atoms with van der Waals surface area (Å²) < 4.78 is 5.10. The van der Waals surface area contributed by atoms with Gasteiger partial charge in [0.15, 0.2) is 0 Å². The van der Waals surface area contributed by atoms with E-state index < -0.39 is 0 Å². The molecule has 1 unspecified atom stereocenters. The monoisotopic (exact) mass is 212 g/mol. The molecule has 14 heavy (non-hydrogen) atoms. The van der Waals surface area contributed by atoms with Gasteiger partial charge in [0.25, 0.3) is 5.19 Å². The van der Waals surface area contributed by atoms with Gasteiger partial charge in [-0.3, -0.25) is 0 Å². The first kappa shape index (κ1) is 9.93. The van der Waals surface area contributed by atoms with Gasteiger partial charge in [-0.2, -0.15) is 0 Å². The smallest absolute Gasteiger partial charge is 0.273 e. The van der Waals surface area contributed by atoms with Crippen molar-refractivity contribution in [1.82, 2.24) is 10.3 Å². The van der Waals surface area contributed by atoms with E-state index in [1.54, 1.807) is 18.4 Å². The Kier molecular flexibility index (Phi) is 3.37. The topological polar surface area (TPSA) is 34.1 Å². The Labute approximate surface area is 88.5 Å². The summed E-state index contributed by atoms with van der Waals surface area (Å²) in [4.78, 5) is 5.51. The predicted molar refractivity (Wildman–Crippen MR) is 57.9 cm³/mol. The zero-order valence-electron chi connectivity index (χ0n) is 8.45. The molecule has 0 aliphatic carbocycles. The summed E-state index contributed by atoms with van der Waals surface area (Å²) in [5.41, 5.74) is 0. The van der Waals surface area contributed by atoms with E-state index in [1.165, 1.54) is 30.6 Å². The van der Waals surface area contributed by atoms with E-state index >= 15 is 0 Å². The summed E-state index contributed by atoms with van der Waals surface area (Å²) in [6, 6.07) is 0.499. The van der Waals surface area contributed by atoms with E-state index in [0.717, 1.165) is 11.7 Å². The zero-order valence-corrected chi connectivity index (χ0v) is 9.27. The van der Waals surface area contributed by atoms with Gasteiger partial charge in [0.2, 0.25) is 0 Å². The molecule has 0 bridgehead atoms. The van der Waals surface area contributed by atoms with E-state index in [1.807, 2.05) is 6.20 Å². The highest BCUT2D eigenvalue weighted by atomic mass is 32.1. The number of aromatic nitrogens is 1. The van der Waals surface area contributed by atoms with Crippen LogP contribution in [0.15, 0.2) is 6.20 Å². The molecule has 1 aliphatic rings. The van der Waals surface area contributed by atoms with Crippen LogP contribution in [-0.2, 0) is 0 Å². The molecule has 0 aromatic carbocycles. The lowest BCUT2D eigenvalue weighted by Gasteiger charge is -2.12. The maximum Gasteiger partial charge on any atom is 0.273 e. The molecule has 0 radical (unpaired) electrons. The summed E-state index contributed by atoms with van der Waals surface area (Å²) in [6.45, 7) is 1.13. The van der Waals surface area contributed by atoms with Crippen molar-refractivity contribution in [3.63, 3.8) is 0 Å². The van der Waals surface area contributed by atoms with Crippen molar-refractivity contribution in [2.24, 2.45) is 0 Å². The van der Waals surface area contributed by atoms with Gasteiger partial charge in [0.05, 0.1) is 7.11 Å². The lowest BCUT2D eigenvalue weighted by atomic mass is 10.1. The standard InChI is InChI=1S/C10H16N2OS/c1-13-10-12-7-9(14-10)8-5-3-2-4-6-11-8/h7-8,11H,2-6H2,1H3. The Hall–Kier alpha value is -0.610. The molecule has 0 spiro atoms. The molecule has 2 heterocycles. The van der Waals surface area contributed by atoms with Crippen molar-refractivity contribution < 1.29 is 4.74 Å². The maximum absolute atomic E-state index is 5.10. The first-order chi connectivity index (χ1) is 6.90. The lowest BCUT2D eigenvalue weighted by molar-refractivity contribution is 0.412. The van der Waals surface area contributed by atoms with Gasteiger partial charge in [-0.1, -0.05) is 24.2 Å². The van der Waals surface area contributed by atoms with E-state index in [0.29, 0.717) is 6.04 Å². The fraction of sp³-hybridized carbons (Fsp3) is 0.700. The average molecular weight is 212 g/mol. The van der Waals surface area contributed by atoms with Gasteiger partial charge in [0.1, 0.15) is 0 Å². The van der Waals surface area contributed by atoms with Crippen molar-refractivity contribution >= 4 is 11.3 Å². The maximum atomic E-state index is 5.10. The van der Waals surface area contributed by atoms with Crippen molar-refractivity contribution in [2.75, 3.05) is 13.7 Å². The molecule has 1 N–H and O–H groups in total. The quantitative estimate of drug-likeness (QED) is 0.817. The van der Waals surface area contributed by atoms with Crippen molar-refractivity contribution in [1.29, 1.82) is 0 Å². The fourth-order valence-electron chi connectivity index (χ4n) is 1.80. The summed E-state index contributed by atoms with van der Waals surface area (Å²) in [7, 11) is 1.67. The van der Waals surface area contributed by atoms with Crippen LogP contribution in [0.5, 0.6) is 5.19 Å². The molecule has 78 valence electrons. The molecule has 1 saturated heterocycles. The summed E-state index contributed by atoms with van der Waals surface area (Å²) in [5.74, 6) is 0. The van der Waals surface area contributed by atoms with Crippen LogP contribution in [0.3, 0.4) is 0 Å². The second kappa shape index (κ2) is 4.75. The largest absolute Gasteiger partial charge is 0.473 e. The van der Waals surface area contributed by atoms with Crippen LogP contribution in [0.2, 0.25) is 0 Å². The first-order valence-corrected chi connectivity index (χ1v) is 5.95. The van der Waals surface area contributed by atoms with Crippen LogP contribution >= 0.6 is 11.3 Å². The lowest BCUT2D eigenvalue weighted by Crippen LogP contribution is -2.19. The highest BCUT2D eigenvalue weighted by Gasteiger charge is 2.16. The average Bonchev–Trinajstić information content (AvgIpc) is 2.53. The van der Waals surface area contributed by atoms with Crippen molar-refractivity contribution in [3.8, 4) is 5.19 Å². The zero-order chi connectivity index (χ0) is 9.80. The molecule has 0 saturated carbocycles. The second-order valence-corrected chi connectivity index (χ2v) is 4.61. The number of ether oxygens (including phenoxy) is 1. The minimum absolute atomic E-state index is 0.499. The SMILES string of the molecule is COc1ncc(C2CCCCCN2)s1. The number of nitrogens with one attached hydrogen (secondary N) is 1. The van der Waals surface area contributed by atoms with Crippen LogP contribution < -0.4 is 10.1 Å². The Morgan fingerprint density at radius 1 is 1.50 bits per heavy atom. The van der Waals surface area contributed by atoms with Gasteiger partial charge < -0.3 is 10.1 Å². The third kappa shape index (κ3) is 2.25. The summed E-state index contributed by atoms with van der Waals surface area (Å²) in [5, 5.41) is 4.32. The molecule has 3 nitrogen and oxygen atoms in total. The van der Waals surface area contributed by atoms with Crippen LogP contribution in [0.4, 0.5) is 0 Å². The van der Waals surface area contributed by atoms with E-state index in [4.69, 9.17) is 4.74 Å². The number of thiazole rings is 1. The first-order valence-electron chi connectivity index (χ1n) is 5.13. The van der Waals surface area contributed by atoms with Crippen LogP contribution in [-0.4, -0.2) is 18.6 Å². The third-order valence-electron chi connectivity index (χ3n) is 2.58. The van der Waals surface area contributed by atoms with Crippen molar-refractivity contribution in [2.45, 2.75) is 31.7 Å². The summed E-state index contributed by atoms with van der Waals surface area (Å²) >= 11 is 1.65. The van der Waals surface area contributed by atoms with E-state index in [-0.39, 0.29) is 0 Å². The van der Waals surface area contributed by atoms with Gasteiger partial charge in [-0.15, -0.1) is 0 Å². The van der Waals surface area contributed by atoms with Gasteiger partial charge in [-0.05, 0) is 19.4 Å². The molecular formula is C10H16N2OS. The highest BCUT2D eigenvalue weighted by Crippen LogP contribution is 2.30. The molecule has 0 amide bonds. The van der Waals surface area contributed by atoms with E-state index in [2.05, 4.69) is 10.3 Å². The molecule has 1 aliphatic heterocycles. The number of methoxy groups -OCH3 is 1. The fourth-order valence-corrected chi connectivity index (χ4v) is 2.64. The molecule has 1 aromatic heterocycles. The second-order valence-electron chi connectivity index (χ2n) is 3.59. The minimum Gasteiger partial charge on any atom is -0.473 e. The molecule has 4 heteroatoms. The summed E-state index contributed by atoms with van der Waals surface area (Å²) in [6.07, 6.45) is 7.13. The molecule has 1 aromatic rings.